The second-order valence-electron chi connectivity index (χ2n) is 11.0. The Morgan fingerprint density at radius 3 is 2.49 bits per heavy atom. The zero-order chi connectivity index (χ0) is 29.0. The normalized spacial score (nSPS) is 25.4. The summed E-state index contributed by atoms with van der Waals surface area (Å²) in [4.78, 5) is 55.5. The molecule has 0 bridgehead atoms. The summed E-state index contributed by atoms with van der Waals surface area (Å²) < 4.78 is 0.161. The number of imide groups is 1. The number of Topliss-reactive ketones (excluding diaryl/α,β-unsaturated/α-hetero) is 1. The van der Waals surface area contributed by atoms with E-state index in [0.717, 1.165) is 11.1 Å². The Labute approximate surface area is 245 Å². The topological polar surface area (TPSA) is 112 Å². The molecular formula is C33H28BrNO6. The van der Waals surface area contributed by atoms with Crippen LogP contribution < -0.4 is 0 Å². The molecule has 4 aliphatic rings. The summed E-state index contributed by atoms with van der Waals surface area (Å²) in [6.45, 7) is 3.98. The first kappa shape index (κ1) is 27.1. The third-order valence-electron chi connectivity index (χ3n) is 8.81. The molecule has 208 valence electrons. The fraction of sp³-hybridized carbons (Fsp3) is 0.273. The van der Waals surface area contributed by atoms with Crippen molar-refractivity contribution in [1.29, 1.82) is 0 Å². The van der Waals surface area contributed by atoms with Crippen molar-refractivity contribution in [2.24, 2.45) is 17.8 Å². The van der Waals surface area contributed by atoms with E-state index < -0.39 is 23.7 Å². The summed E-state index contributed by atoms with van der Waals surface area (Å²) in [5.41, 5.74) is 3.49. The molecular weight excluding hydrogens is 586 g/mol. The Kier molecular flexibility index (Phi) is 6.90. The number of halogens is 1. The van der Waals surface area contributed by atoms with Crippen LogP contribution in [0.1, 0.15) is 35.4 Å². The van der Waals surface area contributed by atoms with Crippen LogP contribution in [0.4, 0.5) is 0 Å². The molecule has 0 saturated carbocycles. The van der Waals surface area contributed by atoms with Crippen molar-refractivity contribution >= 4 is 39.3 Å². The van der Waals surface area contributed by atoms with E-state index in [4.69, 9.17) is 0 Å². The SMILES string of the molecule is C=CCc1cccc([C@H]2C3=CC[C@@H]4C(=O)N(CCc5ccc(O)cc5)C(=O)[C@@H]4[C@@H]3CC3=C2C(=O)C=C(Br)C3=O)c1O. The highest BCUT2D eigenvalue weighted by atomic mass is 79.9. The van der Waals surface area contributed by atoms with E-state index in [2.05, 4.69) is 22.5 Å². The molecule has 1 heterocycles. The van der Waals surface area contributed by atoms with Crippen LogP contribution in [-0.4, -0.2) is 45.0 Å². The number of allylic oxidation sites excluding steroid dienone is 7. The number of hydrogen-bond acceptors (Lipinski definition) is 6. The molecule has 2 N–H and O–H groups in total. The smallest absolute Gasteiger partial charge is 0.233 e. The number of hydrogen-bond donors (Lipinski definition) is 2. The third-order valence-corrected chi connectivity index (χ3v) is 9.40. The van der Waals surface area contributed by atoms with Crippen LogP contribution in [0.25, 0.3) is 0 Å². The molecule has 1 saturated heterocycles. The fourth-order valence-electron chi connectivity index (χ4n) is 6.92. The van der Waals surface area contributed by atoms with Gasteiger partial charge in [-0.3, -0.25) is 24.1 Å². The van der Waals surface area contributed by atoms with E-state index in [1.54, 1.807) is 48.5 Å². The highest BCUT2D eigenvalue weighted by molar-refractivity contribution is 9.12. The van der Waals surface area contributed by atoms with Crippen LogP contribution in [-0.2, 0) is 32.0 Å². The van der Waals surface area contributed by atoms with E-state index >= 15 is 0 Å². The molecule has 8 heteroatoms. The highest BCUT2D eigenvalue weighted by Crippen LogP contribution is 2.56. The number of rotatable bonds is 6. The van der Waals surface area contributed by atoms with E-state index in [-0.39, 0.29) is 52.3 Å². The van der Waals surface area contributed by atoms with Gasteiger partial charge >= 0.3 is 0 Å². The van der Waals surface area contributed by atoms with Crippen LogP contribution >= 0.6 is 15.9 Å². The molecule has 41 heavy (non-hydrogen) atoms. The molecule has 7 nitrogen and oxygen atoms in total. The molecule has 3 aliphatic carbocycles. The molecule has 0 unspecified atom stereocenters. The number of aromatic hydroxyl groups is 2. The molecule has 1 fully saturated rings. The van der Waals surface area contributed by atoms with Gasteiger partial charge in [-0.1, -0.05) is 48.1 Å². The number of nitrogens with zero attached hydrogens (tertiary/aromatic N) is 1. The van der Waals surface area contributed by atoms with Gasteiger partial charge in [-0.2, -0.15) is 0 Å². The minimum atomic E-state index is -0.711. The van der Waals surface area contributed by atoms with Gasteiger partial charge in [0.25, 0.3) is 0 Å². The number of carbonyl (C=O) groups excluding carboxylic acids is 4. The number of benzene rings is 2. The lowest BCUT2D eigenvalue weighted by Gasteiger charge is -2.42. The van der Waals surface area contributed by atoms with Crippen LogP contribution in [0.5, 0.6) is 11.5 Å². The summed E-state index contributed by atoms with van der Waals surface area (Å²) in [5, 5.41) is 20.9. The Bertz CT molecular complexity index is 1610. The van der Waals surface area contributed by atoms with Crippen molar-refractivity contribution in [3.63, 3.8) is 0 Å². The fourth-order valence-corrected chi connectivity index (χ4v) is 7.36. The van der Waals surface area contributed by atoms with E-state index in [9.17, 15) is 29.4 Å². The molecule has 0 aromatic heterocycles. The maximum absolute atomic E-state index is 13.9. The van der Waals surface area contributed by atoms with Crippen molar-refractivity contribution in [2.75, 3.05) is 6.54 Å². The Morgan fingerprint density at radius 1 is 1.00 bits per heavy atom. The maximum atomic E-state index is 13.9. The number of amides is 2. The third kappa shape index (κ3) is 4.41. The van der Waals surface area contributed by atoms with Crippen molar-refractivity contribution in [3.05, 3.63) is 105 Å². The number of ketones is 2. The van der Waals surface area contributed by atoms with Gasteiger partial charge in [0.05, 0.1) is 16.3 Å². The molecule has 2 aromatic carbocycles. The molecule has 0 spiro atoms. The standard InChI is InChI=1S/C33H28BrNO6/c1-2-4-18-5-3-6-21(30(18)38)27-20-11-12-22-28(23(20)15-24-29(27)26(37)16-25(34)31(24)39)33(41)35(32(22)40)14-13-17-7-9-19(36)10-8-17/h2-3,5-11,16,22-23,27-28,36,38H,1,4,12-15H2/t22-,23+,27+,28-/m0/s1. The largest absolute Gasteiger partial charge is 0.508 e. The van der Waals surface area contributed by atoms with Gasteiger partial charge in [0, 0.05) is 35.2 Å². The lowest BCUT2D eigenvalue weighted by atomic mass is 9.59. The number of carbonyl (C=O) groups is 4. The Balaban J connectivity index is 1.40. The number of likely N-dealkylation sites (tertiary alicyclic amines) is 1. The van der Waals surface area contributed by atoms with Gasteiger partial charge in [0.15, 0.2) is 11.6 Å². The predicted octanol–water partition coefficient (Wildman–Crippen LogP) is 4.83. The molecule has 2 aromatic rings. The molecule has 4 atom stereocenters. The van der Waals surface area contributed by atoms with E-state index in [1.165, 1.54) is 11.0 Å². The Morgan fingerprint density at radius 2 is 1.76 bits per heavy atom. The first-order chi connectivity index (χ1) is 19.7. The average molecular weight is 614 g/mol. The first-order valence-corrected chi connectivity index (χ1v) is 14.4. The monoisotopic (exact) mass is 613 g/mol. The lowest BCUT2D eigenvalue weighted by Crippen LogP contribution is -2.39. The Hall–Kier alpha value is -4.04. The van der Waals surface area contributed by atoms with Crippen LogP contribution in [0.3, 0.4) is 0 Å². The van der Waals surface area contributed by atoms with Gasteiger partial charge in [0.1, 0.15) is 11.5 Å². The first-order valence-electron chi connectivity index (χ1n) is 13.6. The van der Waals surface area contributed by atoms with Crippen LogP contribution in [0.15, 0.2) is 88.5 Å². The van der Waals surface area contributed by atoms with Crippen molar-refractivity contribution in [1.82, 2.24) is 4.90 Å². The van der Waals surface area contributed by atoms with Crippen molar-refractivity contribution in [2.45, 2.75) is 31.6 Å². The van der Waals surface area contributed by atoms with Gasteiger partial charge in [-0.05, 0) is 70.8 Å². The molecule has 1 aliphatic heterocycles. The average Bonchev–Trinajstić information content (AvgIpc) is 3.20. The van der Waals surface area contributed by atoms with Gasteiger partial charge in [-0.25, -0.2) is 0 Å². The van der Waals surface area contributed by atoms with E-state index in [0.29, 0.717) is 41.5 Å². The van der Waals surface area contributed by atoms with Gasteiger partial charge in [-0.15, -0.1) is 6.58 Å². The van der Waals surface area contributed by atoms with Gasteiger partial charge < -0.3 is 10.2 Å². The van der Waals surface area contributed by atoms with Crippen molar-refractivity contribution in [3.8, 4) is 11.5 Å². The second kappa shape index (κ2) is 10.4. The zero-order valence-electron chi connectivity index (χ0n) is 22.2. The minimum absolute atomic E-state index is 0.0335. The maximum Gasteiger partial charge on any atom is 0.233 e. The molecule has 6 rings (SSSR count). The molecule has 0 radical (unpaired) electrons. The van der Waals surface area contributed by atoms with Crippen LogP contribution in [0, 0.1) is 17.8 Å². The lowest BCUT2D eigenvalue weighted by molar-refractivity contribution is -0.140. The summed E-state index contributed by atoms with van der Waals surface area (Å²) in [6, 6.07) is 12.0. The minimum Gasteiger partial charge on any atom is -0.508 e. The van der Waals surface area contributed by atoms with Crippen molar-refractivity contribution < 1.29 is 29.4 Å². The quantitative estimate of drug-likeness (QED) is 0.274. The highest BCUT2D eigenvalue weighted by Gasteiger charge is 2.56. The number of fused-ring (bicyclic) bond motifs is 3. The number of phenols is 2. The second-order valence-corrected chi connectivity index (χ2v) is 11.8. The van der Waals surface area contributed by atoms with Gasteiger partial charge in [0.2, 0.25) is 11.8 Å². The summed E-state index contributed by atoms with van der Waals surface area (Å²) in [5.74, 6) is -3.33. The summed E-state index contributed by atoms with van der Waals surface area (Å²) in [7, 11) is 0. The zero-order valence-corrected chi connectivity index (χ0v) is 23.8. The molecule has 2 amide bonds. The number of para-hydroxylation sites is 1. The number of phenolic OH excluding ortho intramolecular Hbond substituents is 2. The summed E-state index contributed by atoms with van der Waals surface area (Å²) in [6.07, 6.45) is 6.29. The predicted molar refractivity (Wildman–Crippen MR) is 155 cm³/mol. The van der Waals surface area contributed by atoms with E-state index in [1.807, 2.05) is 6.08 Å². The summed E-state index contributed by atoms with van der Waals surface area (Å²) >= 11 is 3.24. The van der Waals surface area contributed by atoms with Crippen LogP contribution in [0.2, 0.25) is 0 Å².